The summed E-state index contributed by atoms with van der Waals surface area (Å²) in [5, 5.41) is 11.9. The summed E-state index contributed by atoms with van der Waals surface area (Å²) in [7, 11) is 0. The van der Waals surface area contributed by atoms with Crippen LogP contribution in [0.25, 0.3) is 0 Å². The van der Waals surface area contributed by atoms with Gasteiger partial charge >= 0.3 is 6.09 Å². The highest BCUT2D eigenvalue weighted by atomic mass is 32.2. The fourth-order valence-electron chi connectivity index (χ4n) is 1.00. The molecule has 0 unspecified atom stereocenters. The molecule has 2 atom stereocenters. The molecule has 0 spiro atoms. The molecule has 0 aromatic rings. The molecule has 1 saturated heterocycles. The molecule has 1 amide bonds. The first-order chi connectivity index (χ1) is 5.74. The molecule has 5 heteroatoms. The van der Waals surface area contributed by atoms with Crippen molar-refractivity contribution in [2.75, 3.05) is 18.1 Å². The predicted octanol–water partition coefficient (Wildman–Crippen LogP) is 0.209. The summed E-state index contributed by atoms with van der Waals surface area (Å²) in [6.45, 7) is 2.11. The second-order valence-electron chi connectivity index (χ2n) is 2.58. The summed E-state index contributed by atoms with van der Waals surface area (Å²) < 4.78 is 4.68. The smallest absolute Gasteiger partial charge is 0.407 e. The molecule has 0 aliphatic carbocycles. The van der Waals surface area contributed by atoms with Crippen LogP contribution >= 0.6 is 11.8 Å². The van der Waals surface area contributed by atoms with Crippen LogP contribution in [-0.4, -0.2) is 41.5 Å². The van der Waals surface area contributed by atoms with E-state index in [2.05, 4.69) is 10.1 Å². The summed E-state index contributed by atoms with van der Waals surface area (Å²) in [4.78, 5) is 10.9. The Bertz CT molecular complexity index is 165. The highest BCUT2D eigenvalue weighted by Crippen LogP contribution is 2.17. The molecule has 0 saturated carbocycles. The number of amides is 1. The van der Waals surface area contributed by atoms with Crippen molar-refractivity contribution in [1.82, 2.24) is 5.32 Å². The minimum absolute atomic E-state index is 0.144. The van der Waals surface area contributed by atoms with Gasteiger partial charge in [-0.25, -0.2) is 4.79 Å². The number of aliphatic hydroxyl groups excluding tert-OH is 1. The van der Waals surface area contributed by atoms with E-state index in [1.165, 1.54) is 0 Å². The molecule has 0 aromatic carbocycles. The van der Waals surface area contributed by atoms with Crippen molar-refractivity contribution in [1.29, 1.82) is 0 Å². The first-order valence-corrected chi connectivity index (χ1v) is 5.08. The fourth-order valence-corrected chi connectivity index (χ4v) is 2.17. The Hall–Kier alpha value is -0.420. The SMILES string of the molecule is CCOC(=O)N[C@H]1CSC[C@@H]1O. The third-order valence-electron chi connectivity index (χ3n) is 1.63. The van der Waals surface area contributed by atoms with Gasteiger partial charge in [0.1, 0.15) is 0 Å². The van der Waals surface area contributed by atoms with Crippen molar-refractivity contribution in [2.24, 2.45) is 0 Å². The van der Waals surface area contributed by atoms with Gasteiger partial charge in [0.2, 0.25) is 0 Å². The number of nitrogens with one attached hydrogen (secondary N) is 1. The number of alkyl carbamates (subject to hydrolysis) is 1. The Morgan fingerprint density at radius 2 is 2.50 bits per heavy atom. The zero-order chi connectivity index (χ0) is 8.97. The molecule has 2 N–H and O–H groups in total. The lowest BCUT2D eigenvalue weighted by Crippen LogP contribution is -2.42. The van der Waals surface area contributed by atoms with Crippen LogP contribution in [0.15, 0.2) is 0 Å². The Balaban J connectivity index is 2.25. The molecule has 1 aliphatic heterocycles. The van der Waals surface area contributed by atoms with Gasteiger partial charge < -0.3 is 15.2 Å². The van der Waals surface area contributed by atoms with E-state index in [1.54, 1.807) is 18.7 Å². The molecule has 1 aliphatic rings. The summed E-state index contributed by atoms with van der Waals surface area (Å²) in [5.74, 6) is 1.46. The summed E-state index contributed by atoms with van der Waals surface area (Å²) in [6, 6.07) is -0.144. The largest absolute Gasteiger partial charge is 0.450 e. The molecule has 1 rings (SSSR count). The van der Waals surface area contributed by atoms with Crippen LogP contribution in [0.3, 0.4) is 0 Å². The van der Waals surface area contributed by atoms with Gasteiger partial charge in [0, 0.05) is 11.5 Å². The van der Waals surface area contributed by atoms with Gasteiger partial charge in [-0.15, -0.1) is 0 Å². The number of thioether (sulfide) groups is 1. The Morgan fingerprint density at radius 3 is 3.00 bits per heavy atom. The van der Waals surface area contributed by atoms with E-state index in [-0.39, 0.29) is 6.04 Å². The average molecular weight is 191 g/mol. The molecule has 12 heavy (non-hydrogen) atoms. The van der Waals surface area contributed by atoms with Crippen LogP contribution in [0.5, 0.6) is 0 Å². The van der Waals surface area contributed by atoms with Crippen LogP contribution in [-0.2, 0) is 4.74 Å². The van der Waals surface area contributed by atoms with Crippen LogP contribution in [0.2, 0.25) is 0 Å². The van der Waals surface area contributed by atoms with Gasteiger partial charge in [-0.05, 0) is 6.92 Å². The molecular weight excluding hydrogens is 178 g/mol. The van der Waals surface area contributed by atoms with Crippen molar-refractivity contribution in [3.05, 3.63) is 0 Å². The third kappa shape index (κ3) is 2.57. The fraction of sp³-hybridized carbons (Fsp3) is 0.857. The maximum Gasteiger partial charge on any atom is 0.407 e. The van der Waals surface area contributed by atoms with Gasteiger partial charge in [0.25, 0.3) is 0 Å². The number of aliphatic hydroxyl groups is 1. The number of hydrogen-bond donors (Lipinski definition) is 2. The van der Waals surface area contributed by atoms with Crippen molar-refractivity contribution in [2.45, 2.75) is 19.1 Å². The second-order valence-corrected chi connectivity index (χ2v) is 3.65. The molecule has 0 radical (unpaired) electrons. The maximum absolute atomic E-state index is 10.9. The Kier molecular flexibility index (Phi) is 3.68. The average Bonchev–Trinajstić information content (AvgIpc) is 2.37. The molecule has 4 nitrogen and oxygen atoms in total. The predicted molar refractivity (Wildman–Crippen MR) is 47.3 cm³/mol. The molecule has 0 bridgehead atoms. The van der Waals surface area contributed by atoms with Gasteiger partial charge in [-0.2, -0.15) is 11.8 Å². The van der Waals surface area contributed by atoms with Crippen LogP contribution in [0, 0.1) is 0 Å². The Morgan fingerprint density at radius 1 is 1.75 bits per heavy atom. The van der Waals surface area contributed by atoms with Gasteiger partial charge in [-0.1, -0.05) is 0 Å². The normalized spacial score (nSPS) is 28.5. The van der Waals surface area contributed by atoms with Gasteiger partial charge in [-0.3, -0.25) is 0 Å². The molecule has 1 heterocycles. The van der Waals surface area contributed by atoms with Crippen molar-refractivity contribution >= 4 is 17.9 Å². The van der Waals surface area contributed by atoms with E-state index >= 15 is 0 Å². The minimum atomic E-state index is -0.441. The van der Waals surface area contributed by atoms with Crippen LogP contribution in [0.1, 0.15) is 6.92 Å². The van der Waals surface area contributed by atoms with E-state index in [9.17, 15) is 9.90 Å². The summed E-state index contributed by atoms with van der Waals surface area (Å²) in [6.07, 6.45) is -0.872. The van der Waals surface area contributed by atoms with E-state index in [1.807, 2.05) is 0 Å². The lowest BCUT2D eigenvalue weighted by molar-refractivity contribution is 0.127. The summed E-state index contributed by atoms with van der Waals surface area (Å²) in [5.41, 5.74) is 0. The Labute approximate surface area is 75.7 Å². The van der Waals surface area contributed by atoms with E-state index < -0.39 is 12.2 Å². The van der Waals surface area contributed by atoms with Gasteiger partial charge in [0.15, 0.2) is 0 Å². The second kappa shape index (κ2) is 4.57. The molecule has 0 aromatic heterocycles. The van der Waals surface area contributed by atoms with E-state index in [4.69, 9.17) is 0 Å². The van der Waals surface area contributed by atoms with Crippen LogP contribution in [0.4, 0.5) is 4.79 Å². The minimum Gasteiger partial charge on any atom is -0.450 e. The molecular formula is C7H13NO3S. The summed E-state index contributed by atoms with van der Waals surface area (Å²) >= 11 is 1.63. The van der Waals surface area contributed by atoms with Crippen LogP contribution < -0.4 is 5.32 Å². The number of hydrogen-bond acceptors (Lipinski definition) is 4. The van der Waals surface area contributed by atoms with E-state index in [0.717, 1.165) is 5.75 Å². The first kappa shape index (κ1) is 9.67. The maximum atomic E-state index is 10.9. The standard InChI is InChI=1S/C7H13NO3S/c1-2-11-7(10)8-5-3-12-4-6(5)9/h5-6,9H,2-4H2,1H3,(H,8,10)/t5-,6-/m0/s1. The molecule has 70 valence electrons. The van der Waals surface area contributed by atoms with E-state index in [0.29, 0.717) is 12.4 Å². The van der Waals surface area contributed by atoms with Crippen molar-refractivity contribution < 1.29 is 14.6 Å². The monoisotopic (exact) mass is 191 g/mol. The van der Waals surface area contributed by atoms with Crippen molar-refractivity contribution in [3.8, 4) is 0 Å². The zero-order valence-corrected chi connectivity index (χ0v) is 7.76. The number of carbonyl (C=O) groups is 1. The number of ether oxygens (including phenoxy) is 1. The highest BCUT2D eigenvalue weighted by molar-refractivity contribution is 7.99. The number of carbonyl (C=O) groups excluding carboxylic acids is 1. The van der Waals surface area contributed by atoms with Gasteiger partial charge in [0.05, 0.1) is 18.8 Å². The third-order valence-corrected chi connectivity index (χ3v) is 2.80. The van der Waals surface area contributed by atoms with Crippen molar-refractivity contribution in [3.63, 3.8) is 0 Å². The zero-order valence-electron chi connectivity index (χ0n) is 6.95. The first-order valence-electron chi connectivity index (χ1n) is 3.93. The lowest BCUT2D eigenvalue weighted by atomic mass is 10.2. The topological polar surface area (TPSA) is 58.6 Å². The quantitative estimate of drug-likeness (QED) is 0.655. The molecule has 1 fully saturated rings. The lowest BCUT2D eigenvalue weighted by Gasteiger charge is -2.14. The highest BCUT2D eigenvalue weighted by Gasteiger charge is 2.27. The number of rotatable bonds is 2.